The minimum absolute atomic E-state index is 0.313. The molecule has 2 N–H and O–H groups in total. The maximum absolute atomic E-state index is 12.3. The summed E-state index contributed by atoms with van der Waals surface area (Å²) in [6, 6.07) is 7.12. The lowest BCUT2D eigenvalue weighted by Gasteiger charge is -2.38. The fraction of sp³-hybridized carbons (Fsp3) is 0.600. The molecule has 1 fully saturated rings. The molecule has 4 nitrogen and oxygen atoms in total. The molecule has 0 radical (unpaired) electrons. The van der Waals surface area contributed by atoms with E-state index in [1.165, 1.54) is 19.3 Å². The highest BCUT2D eigenvalue weighted by molar-refractivity contribution is 7.89. The zero-order valence-electron chi connectivity index (χ0n) is 12.3. The van der Waals surface area contributed by atoms with Crippen LogP contribution < -0.4 is 10.0 Å². The molecule has 0 heterocycles. The van der Waals surface area contributed by atoms with Crippen LogP contribution in [-0.2, 0) is 10.0 Å². The Kier molecular flexibility index (Phi) is 4.70. The molecule has 20 heavy (non-hydrogen) atoms. The lowest BCUT2D eigenvalue weighted by Crippen LogP contribution is -2.34. The Morgan fingerprint density at radius 1 is 1.25 bits per heavy atom. The first kappa shape index (κ1) is 15.3. The first-order valence-corrected chi connectivity index (χ1v) is 8.78. The molecule has 0 spiro atoms. The minimum Gasteiger partial charge on any atom is -0.383 e. The van der Waals surface area contributed by atoms with Crippen molar-refractivity contribution in [2.24, 2.45) is 5.41 Å². The molecule has 0 unspecified atom stereocenters. The first-order chi connectivity index (χ1) is 9.47. The number of rotatable bonds is 7. The van der Waals surface area contributed by atoms with Crippen LogP contribution in [0.2, 0.25) is 0 Å². The molecule has 0 saturated heterocycles. The van der Waals surface area contributed by atoms with Crippen LogP contribution >= 0.6 is 0 Å². The molecule has 1 saturated carbocycles. The van der Waals surface area contributed by atoms with Gasteiger partial charge < -0.3 is 5.32 Å². The Morgan fingerprint density at radius 3 is 2.55 bits per heavy atom. The van der Waals surface area contributed by atoms with Crippen LogP contribution in [0.1, 0.15) is 39.5 Å². The van der Waals surface area contributed by atoms with Gasteiger partial charge in [0, 0.05) is 13.1 Å². The Labute approximate surface area is 122 Å². The first-order valence-electron chi connectivity index (χ1n) is 7.29. The molecule has 0 atom stereocenters. The predicted octanol–water partition coefficient (Wildman–Crippen LogP) is 2.98. The SMILES string of the molecule is CCCNS(=O)(=O)c1ccccc1NCC1(C)CCC1. The number of hydrogen-bond acceptors (Lipinski definition) is 3. The number of sulfonamides is 1. The third-order valence-corrected chi connectivity index (χ3v) is 5.50. The van der Waals surface area contributed by atoms with E-state index in [1.807, 2.05) is 19.1 Å². The summed E-state index contributed by atoms with van der Waals surface area (Å²) in [5.74, 6) is 0. The quantitative estimate of drug-likeness (QED) is 0.813. The van der Waals surface area contributed by atoms with Gasteiger partial charge in [0.2, 0.25) is 10.0 Å². The van der Waals surface area contributed by atoms with Gasteiger partial charge in [0.1, 0.15) is 4.90 Å². The van der Waals surface area contributed by atoms with Gasteiger partial charge >= 0.3 is 0 Å². The molecule has 1 aliphatic rings. The average molecular weight is 296 g/mol. The topological polar surface area (TPSA) is 58.2 Å². The second-order valence-electron chi connectivity index (χ2n) is 5.91. The zero-order valence-corrected chi connectivity index (χ0v) is 13.1. The second kappa shape index (κ2) is 6.14. The normalized spacial score (nSPS) is 17.5. The summed E-state index contributed by atoms with van der Waals surface area (Å²) in [7, 11) is -3.42. The van der Waals surface area contributed by atoms with Crippen LogP contribution in [0.5, 0.6) is 0 Å². The van der Waals surface area contributed by atoms with Gasteiger partial charge in [-0.1, -0.05) is 32.4 Å². The van der Waals surface area contributed by atoms with Crippen LogP contribution in [0.25, 0.3) is 0 Å². The smallest absolute Gasteiger partial charge is 0.242 e. The van der Waals surface area contributed by atoms with Crippen LogP contribution in [0.3, 0.4) is 0 Å². The summed E-state index contributed by atoms with van der Waals surface area (Å²) >= 11 is 0. The molecule has 1 aromatic carbocycles. The molecule has 0 amide bonds. The zero-order chi connectivity index (χ0) is 14.6. The van der Waals surface area contributed by atoms with Gasteiger partial charge in [0.05, 0.1) is 5.69 Å². The standard InChI is InChI=1S/C15H24N2O2S/c1-3-11-17-20(18,19)14-8-5-4-7-13(14)16-12-15(2)9-6-10-15/h4-5,7-8,16-17H,3,6,9-12H2,1-2H3. The molecule has 0 aliphatic heterocycles. The molecular weight excluding hydrogens is 272 g/mol. The highest BCUT2D eigenvalue weighted by Crippen LogP contribution is 2.40. The van der Waals surface area contributed by atoms with Crippen LogP contribution in [-0.4, -0.2) is 21.5 Å². The molecule has 0 bridgehead atoms. The van der Waals surface area contributed by atoms with E-state index in [2.05, 4.69) is 17.0 Å². The van der Waals surface area contributed by atoms with Crippen LogP contribution in [0.4, 0.5) is 5.69 Å². The highest BCUT2D eigenvalue weighted by Gasteiger charge is 2.31. The minimum atomic E-state index is -3.42. The predicted molar refractivity (Wildman–Crippen MR) is 82.4 cm³/mol. The Morgan fingerprint density at radius 2 is 1.95 bits per heavy atom. The van der Waals surface area contributed by atoms with Gasteiger partial charge in [-0.25, -0.2) is 13.1 Å². The monoisotopic (exact) mass is 296 g/mol. The van der Waals surface area contributed by atoms with E-state index in [0.717, 1.165) is 13.0 Å². The molecular formula is C15H24N2O2S. The molecule has 2 rings (SSSR count). The van der Waals surface area contributed by atoms with Crippen LogP contribution in [0, 0.1) is 5.41 Å². The third-order valence-electron chi connectivity index (χ3n) is 3.98. The number of para-hydroxylation sites is 1. The average Bonchev–Trinajstić information content (AvgIpc) is 2.41. The van der Waals surface area contributed by atoms with Crippen molar-refractivity contribution in [1.82, 2.24) is 4.72 Å². The van der Waals surface area contributed by atoms with Gasteiger partial charge in [-0.3, -0.25) is 0 Å². The van der Waals surface area contributed by atoms with E-state index in [9.17, 15) is 8.42 Å². The molecule has 0 aromatic heterocycles. The maximum Gasteiger partial charge on any atom is 0.242 e. The Hall–Kier alpha value is -1.07. The number of nitrogens with one attached hydrogen (secondary N) is 2. The number of anilines is 1. The molecule has 5 heteroatoms. The summed E-state index contributed by atoms with van der Waals surface area (Å²) in [5.41, 5.74) is 1.01. The second-order valence-corrected chi connectivity index (χ2v) is 7.65. The lowest BCUT2D eigenvalue weighted by molar-refractivity contribution is 0.180. The lowest BCUT2D eigenvalue weighted by atomic mass is 9.70. The van der Waals surface area contributed by atoms with Gasteiger partial charge in [-0.2, -0.15) is 0 Å². The number of hydrogen-bond donors (Lipinski definition) is 2. The summed E-state index contributed by atoms with van der Waals surface area (Å²) in [5, 5.41) is 3.32. The van der Waals surface area contributed by atoms with Gasteiger partial charge in [0.15, 0.2) is 0 Å². The van der Waals surface area contributed by atoms with Crippen molar-refractivity contribution in [3.8, 4) is 0 Å². The summed E-state index contributed by atoms with van der Waals surface area (Å²) in [4.78, 5) is 0.344. The third kappa shape index (κ3) is 3.52. The van der Waals surface area contributed by atoms with E-state index < -0.39 is 10.0 Å². The fourth-order valence-electron chi connectivity index (χ4n) is 2.43. The van der Waals surface area contributed by atoms with Gasteiger partial charge in [0.25, 0.3) is 0 Å². The largest absolute Gasteiger partial charge is 0.383 e. The van der Waals surface area contributed by atoms with Crippen molar-refractivity contribution in [2.75, 3.05) is 18.4 Å². The molecule has 1 aromatic rings. The van der Waals surface area contributed by atoms with Crippen molar-refractivity contribution in [2.45, 2.75) is 44.4 Å². The highest BCUT2D eigenvalue weighted by atomic mass is 32.2. The van der Waals surface area contributed by atoms with Crippen molar-refractivity contribution in [1.29, 1.82) is 0 Å². The van der Waals surface area contributed by atoms with E-state index >= 15 is 0 Å². The van der Waals surface area contributed by atoms with Crippen LogP contribution in [0.15, 0.2) is 29.2 Å². The fourth-order valence-corrected chi connectivity index (χ4v) is 3.74. The van der Waals surface area contributed by atoms with E-state index in [-0.39, 0.29) is 0 Å². The summed E-state index contributed by atoms with van der Waals surface area (Å²) < 4.78 is 27.2. The van der Waals surface area contributed by atoms with Crippen molar-refractivity contribution in [3.63, 3.8) is 0 Å². The Balaban J connectivity index is 2.13. The van der Waals surface area contributed by atoms with E-state index in [1.54, 1.807) is 12.1 Å². The van der Waals surface area contributed by atoms with Gasteiger partial charge in [-0.15, -0.1) is 0 Å². The van der Waals surface area contributed by atoms with E-state index in [0.29, 0.717) is 22.5 Å². The van der Waals surface area contributed by atoms with Crippen molar-refractivity contribution in [3.05, 3.63) is 24.3 Å². The van der Waals surface area contributed by atoms with E-state index in [4.69, 9.17) is 0 Å². The maximum atomic E-state index is 12.3. The Bertz CT molecular complexity index is 551. The van der Waals surface area contributed by atoms with Gasteiger partial charge in [-0.05, 0) is 36.8 Å². The van der Waals surface area contributed by atoms with Crippen molar-refractivity contribution < 1.29 is 8.42 Å². The summed E-state index contributed by atoms with van der Waals surface area (Å²) in [6.45, 7) is 5.49. The molecule has 112 valence electrons. The molecule has 1 aliphatic carbocycles. The van der Waals surface area contributed by atoms with Crippen molar-refractivity contribution >= 4 is 15.7 Å². The number of benzene rings is 1. The summed E-state index contributed by atoms with van der Waals surface area (Å²) in [6.07, 6.45) is 4.48.